The molecule has 2 aromatic heterocycles. The third-order valence-corrected chi connectivity index (χ3v) is 4.29. The fourth-order valence-corrected chi connectivity index (χ4v) is 2.92. The summed E-state index contributed by atoms with van der Waals surface area (Å²) in [4.78, 5) is 15.4. The minimum atomic E-state index is -0.310. The molecular weight excluding hydrogens is 343 g/mol. The Morgan fingerprint density at radius 1 is 1.04 bits per heavy atom. The Bertz CT molecular complexity index is 1070. The van der Waals surface area contributed by atoms with E-state index in [1.807, 2.05) is 36.4 Å². The maximum absolute atomic E-state index is 13.5. The average Bonchev–Trinajstić information content (AvgIpc) is 3.36. The number of amides is 1. The molecule has 4 rings (SSSR count). The number of hydrogen-bond donors (Lipinski definition) is 3. The molecule has 0 aliphatic rings. The summed E-state index contributed by atoms with van der Waals surface area (Å²) in [5.41, 5.74) is 4.45. The van der Waals surface area contributed by atoms with Crippen LogP contribution in [0.2, 0.25) is 0 Å². The number of aromatic amines is 2. The molecule has 2 heterocycles. The molecule has 0 aliphatic heterocycles. The van der Waals surface area contributed by atoms with E-state index < -0.39 is 0 Å². The van der Waals surface area contributed by atoms with Crippen molar-refractivity contribution in [3.63, 3.8) is 0 Å². The molecule has 5 nitrogen and oxygen atoms in total. The maximum atomic E-state index is 13.5. The van der Waals surface area contributed by atoms with Crippen molar-refractivity contribution < 1.29 is 9.18 Å². The van der Waals surface area contributed by atoms with E-state index in [4.69, 9.17) is 0 Å². The number of rotatable bonds is 5. The molecule has 4 aromatic rings. The predicted molar refractivity (Wildman–Crippen MR) is 101 cm³/mol. The molecule has 6 heteroatoms. The van der Waals surface area contributed by atoms with Gasteiger partial charge in [0.2, 0.25) is 0 Å². The van der Waals surface area contributed by atoms with E-state index in [0.29, 0.717) is 12.2 Å². The van der Waals surface area contributed by atoms with Crippen molar-refractivity contribution in [2.24, 2.45) is 0 Å². The minimum Gasteiger partial charge on any atom is -0.357 e. The molecular formula is C21H17FN4O. The van der Waals surface area contributed by atoms with Crippen LogP contribution in [0.4, 0.5) is 4.39 Å². The lowest BCUT2D eigenvalue weighted by molar-refractivity contribution is 0.0946. The van der Waals surface area contributed by atoms with Gasteiger partial charge in [-0.2, -0.15) is 5.10 Å². The van der Waals surface area contributed by atoms with Crippen molar-refractivity contribution in [3.8, 4) is 22.4 Å². The fraction of sp³-hybridized carbons (Fsp3) is 0.0476. The van der Waals surface area contributed by atoms with Gasteiger partial charge in [-0.15, -0.1) is 0 Å². The Morgan fingerprint density at radius 2 is 1.89 bits per heavy atom. The van der Waals surface area contributed by atoms with E-state index in [9.17, 15) is 9.18 Å². The largest absolute Gasteiger partial charge is 0.357 e. The van der Waals surface area contributed by atoms with E-state index in [1.54, 1.807) is 24.5 Å². The standard InChI is InChI=1S/C21H17FN4O/c22-17-8-4-7-15(9-17)18-13-25-26-20(18)16-10-19(23-12-16)21(27)24-11-14-5-2-1-3-6-14/h1-10,12-13,23H,11H2,(H,24,27)(H,25,26). The van der Waals surface area contributed by atoms with Crippen LogP contribution in [0.25, 0.3) is 22.4 Å². The summed E-state index contributed by atoms with van der Waals surface area (Å²) in [6.45, 7) is 0.451. The molecule has 1 amide bonds. The third kappa shape index (κ3) is 3.64. The van der Waals surface area contributed by atoms with E-state index in [0.717, 1.165) is 27.9 Å². The Morgan fingerprint density at radius 3 is 2.70 bits per heavy atom. The summed E-state index contributed by atoms with van der Waals surface area (Å²) in [5.74, 6) is -0.508. The van der Waals surface area contributed by atoms with E-state index in [2.05, 4.69) is 20.5 Å². The second-order valence-electron chi connectivity index (χ2n) is 6.14. The lowest BCUT2D eigenvalue weighted by atomic mass is 10.0. The van der Waals surface area contributed by atoms with Gasteiger partial charge in [0, 0.05) is 23.9 Å². The first-order valence-electron chi connectivity index (χ1n) is 8.51. The number of hydrogen-bond acceptors (Lipinski definition) is 2. The van der Waals surface area contributed by atoms with Gasteiger partial charge in [0.05, 0.1) is 11.9 Å². The Labute approximate surface area is 155 Å². The quantitative estimate of drug-likeness (QED) is 0.500. The second-order valence-corrected chi connectivity index (χ2v) is 6.14. The summed E-state index contributed by atoms with van der Waals surface area (Å²) in [5, 5.41) is 9.88. The molecule has 0 saturated carbocycles. The molecule has 0 saturated heterocycles. The third-order valence-electron chi connectivity index (χ3n) is 4.29. The summed E-state index contributed by atoms with van der Waals surface area (Å²) < 4.78 is 13.5. The van der Waals surface area contributed by atoms with Gasteiger partial charge in [-0.3, -0.25) is 9.89 Å². The first-order valence-corrected chi connectivity index (χ1v) is 8.51. The Balaban J connectivity index is 1.53. The van der Waals surface area contributed by atoms with Crippen LogP contribution in [0.3, 0.4) is 0 Å². The predicted octanol–water partition coefficient (Wildman–Crippen LogP) is 4.14. The van der Waals surface area contributed by atoms with Gasteiger partial charge >= 0.3 is 0 Å². The monoisotopic (exact) mass is 360 g/mol. The van der Waals surface area contributed by atoms with Crippen LogP contribution >= 0.6 is 0 Å². The van der Waals surface area contributed by atoms with Gasteiger partial charge in [0.1, 0.15) is 11.5 Å². The van der Waals surface area contributed by atoms with Crippen molar-refractivity contribution in [3.05, 3.63) is 90.1 Å². The Hall–Kier alpha value is -3.67. The van der Waals surface area contributed by atoms with Crippen molar-refractivity contribution >= 4 is 5.91 Å². The van der Waals surface area contributed by atoms with Crippen LogP contribution in [-0.2, 0) is 6.54 Å². The molecule has 3 N–H and O–H groups in total. The highest BCUT2D eigenvalue weighted by atomic mass is 19.1. The lowest BCUT2D eigenvalue weighted by Gasteiger charge is -2.03. The van der Waals surface area contributed by atoms with Crippen LogP contribution in [0.5, 0.6) is 0 Å². The lowest BCUT2D eigenvalue weighted by Crippen LogP contribution is -2.22. The SMILES string of the molecule is O=C(NCc1ccccc1)c1cc(-c2[nH]ncc2-c2cccc(F)c2)c[nH]1. The minimum absolute atomic E-state index is 0.197. The van der Waals surface area contributed by atoms with Crippen LogP contribution in [-0.4, -0.2) is 21.1 Å². The zero-order valence-corrected chi connectivity index (χ0v) is 14.4. The summed E-state index contributed by atoms with van der Waals surface area (Å²) in [6, 6.07) is 17.8. The maximum Gasteiger partial charge on any atom is 0.267 e. The van der Waals surface area contributed by atoms with Crippen LogP contribution in [0.15, 0.2) is 73.1 Å². The smallest absolute Gasteiger partial charge is 0.267 e. The van der Waals surface area contributed by atoms with Crippen molar-refractivity contribution in [2.45, 2.75) is 6.54 Å². The highest BCUT2D eigenvalue weighted by Crippen LogP contribution is 2.30. The molecule has 0 atom stereocenters. The van der Waals surface area contributed by atoms with Gasteiger partial charge in [-0.25, -0.2) is 4.39 Å². The first kappa shape index (κ1) is 16.8. The van der Waals surface area contributed by atoms with Crippen molar-refractivity contribution in [1.82, 2.24) is 20.5 Å². The van der Waals surface area contributed by atoms with Gasteiger partial charge in [-0.1, -0.05) is 42.5 Å². The number of aromatic nitrogens is 3. The molecule has 134 valence electrons. The summed E-state index contributed by atoms with van der Waals surface area (Å²) >= 11 is 0. The van der Waals surface area contributed by atoms with E-state index >= 15 is 0 Å². The molecule has 0 bridgehead atoms. The fourth-order valence-electron chi connectivity index (χ4n) is 2.92. The van der Waals surface area contributed by atoms with Crippen molar-refractivity contribution in [2.75, 3.05) is 0 Å². The Kier molecular flexibility index (Phi) is 4.53. The average molecular weight is 360 g/mol. The molecule has 0 radical (unpaired) electrons. The van der Waals surface area contributed by atoms with Crippen LogP contribution < -0.4 is 5.32 Å². The highest BCUT2D eigenvalue weighted by Gasteiger charge is 2.14. The second kappa shape index (κ2) is 7.29. The van der Waals surface area contributed by atoms with E-state index in [1.165, 1.54) is 12.1 Å². The molecule has 27 heavy (non-hydrogen) atoms. The van der Waals surface area contributed by atoms with Gasteiger partial charge in [-0.05, 0) is 29.3 Å². The normalized spacial score (nSPS) is 10.7. The van der Waals surface area contributed by atoms with Crippen LogP contribution in [0.1, 0.15) is 16.1 Å². The number of nitrogens with zero attached hydrogens (tertiary/aromatic N) is 1. The van der Waals surface area contributed by atoms with Crippen LogP contribution in [0, 0.1) is 5.82 Å². The summed E-state index contributed by atoms with van der Waals surface area (Å²) in [7, 11) is 0. The molecule has 2 aromatic carbocycles. The number of carbonyl (C=O) groups excluding carboxylic acids is 1. The number of benzene rings is 2. The molecule has 0 unspecified atom stereocenters. The van der Waals surface area contributed by atoms with Gasteiger partial charge in [0.25, 0.3) is 5.91 Å². The molecule has 0 spiro atoms. The number of H-pyrrole nitrogens is 2. The molecule has 0 aliphatic carbocycles. The zero-order valence-electron chi connectivity index (χ0n) is 14.4. The zero-order chi connectivity index (χ0) is 18.6. The van der Waals surface area contributed by atoms with Gasteiger partial charge < -0.3 is 10.3 Å². The first-order chi connectivity index (χ1) is 13.2. The highest BCUT2D eigenvalue weighted by molar-refractivity contribution is 5.94. The van der Waals surface area contributed by atoms with Crippen molar-refractivity contribution in [1.29, 1.82) is 0 Å². The van der Waals surface area contributed by atoms with Gasteiger partial charge in [0.15, 0.2) is 0 Å². The number of carbonyl (C=O) groups is 1. The summed E-state index contributed by atoms with van der Waals surface area (Å²) in [6.07, 6.45) is 3.37. The molecule has 0 fully saturated rings. The number of halogens is 1. The number of nitrogens with one attached hydrogen (secondary N) is 3. The topological polar surface area (TPSA) is 73.6 Å². The van der Waals surface area contributed by atoms with E-state index in [-0.39, 0.29) is 11.7 Å².